The number of hydrogen-bond acceptors (Lipinski definition) is 5. The van der Waals surface area contributed by atoms with E-state index < -0.39 is 15.8 Å². The summed E-state index contributed by atoms with van der Waals surface area (Å²) in [5, 5.41) is 0.133. The summed E-state index contributed by atoms with van der Waals surface area (Å²) in [6.07, 6.45) is 0. The summed E-state index contributed by atoms with van der Waals surface area (Å²) in [5.74, 6) is -0.900. The molecule has 30 heavy (non-hydrogen) atoms. The molecule has 2 aromatic carbocycles. The van der Waals surface area contributed by atoms with Crippen LogP contribution in [0.5, 0.6) is 0 Å². The van der Waals surface area contributed by atoms with E-state index in [0.717, 1.165) is 0 Å². The Bertz CT molecular complexity index is 1280. The van der Waals surface area contributed by atoms with Crippen LogP contribution in [0.15, 0.2) is 56.6 Å². The van der Waals surface area contributed by atoms with Gasteiger partial charge in [-0.1, -0.05) is 41.4 Å². The van der Waals surface area contributed by atoms with Crippen molar-refractivity contribution in [2.75, 3.05) is 26.2 Å². The largest absolute Gasteiger partial charge is 0.420 e. The number of rotatable bonds is 4. The van der Waals surface area contributed by atoms with Gasteiger partial charge in [-0.05, 0) is 24.3 Å². The molecule has 158 valence electrons. The van der Waals surface area contributed by atoms with Crippen molar-refractivity contribution in [2.24, 2.45) is 0 Å². The number of piperazine rings is 1. The highest BCUT2D eigenvalue weighted by Gasteiger charge is 2.32. The summed E-state index contributed by atoms with van der Waals surface area (Å²) in [5.41, 5.74) is 0.942. The number of amides is 1. The summed E-state index contributed by atoms with van der Waals surface area (Å²) < 4.78 is 33.5. The summed E-state index contributed by atoms with van der Waals surface area (Å²) >= 11 is 12.0. The van der Waals surface area contributed by atoms with E-state index in [-0.39, 0.29) is 53.6 Å². The number of aromatic nitrogens is 1. The summed E-state index contributed by atoms with van der Waals surface area (Å²) in [7, 11) is -3.84. The third-order valence-corrected chi connectivity index (χ3v) is 7.86. The van der Waals surface area contributed by atoms with Crippen LogP contribution in [-0.4, -0.2) is 54.3 Å². The maximum Gasteiger partial charge on any atom is 0.420 e. The van der Waals surface area contributed by atoms with Crippen molar-refractivity contribution in [3.8, 4) is 0 Å². The normalized spacial score (nSPS) is 15.6. The Balaban J connectivity index is 1.46. The molecule has 0 saturated carbocycles. The molecule has 0 bridgehead atoms. The maximum atomic E-state index is 12.9. The first-order valence-corrected chi connectivity index (χ1v) is 11.3. The molecule has 0 spiro atoms. The highest BCUT2D eigenvalue weighted by molar-refractivity contribution is 7.89. The second-order valence-corrected chi connectivity index (χ2v) is 9.45. The Morgan fingerprint density at radius 1 is 1.00 bits per heavy atom. The Hall–Kier alpha value is -2.33. The van der Waals surface area contributed by atoms with Crippen molar-refractivity contribution in [1.82, 2.24) is 13.8 Å². The zero-order valence-corrected chi connectivity index (χ0v) is 18.0. The standard InChI is InChI=1S/C19H17Cl2N3O5S/c20-13-4-3-7-16(18(13)21)30(27,28)23-10-8-22(9-11-23)17(25)12-24-14-5-1-2-6-15(14)29-19(24)26/h1-7H,8-12H2. The van der Waals surface area contributed by atoms with Crippen molar-refractivity contribution < 1.29 is 17.6 Å². The van der Waals surface area contributed by atoms with E-state index in [1.54, 1.807) is 24.3 Å². The smallest absolute Gasteiger partial charge is 0.408 e. The Morgan fingerprint density at radius 3 is 2.43 bits per heavy atom. The van der Waals surface area contributed by atoms with E-state index in [0.29, 0.717) is 11.1 Å². The average Bonchev–Trinajstić information content (AvgIpc) is 3.05. The average molecular weight is 470 g/mol. The lowest BCUT2D eigenvalue weighted by atomic mass is 10.3. The van der Waals surface area contributed by atoms with Crippen LogP contribution in [0.1, 0.15) is 0 Å². The molecular formula is C19H17Cl2N3O5S. The van der Waals surface area contributed by atoms with Gasteiger partial charge in [0.1, 0.15) is 11.4 Å². The van der Waals surface area contributed by atoms with Crippen molar-refractivity contribution in [3.05, 3.63) is 63.1 Å². The zero-order chi connectivity index (χ0) is 21.5. The van der Waals surface area contributed by atoms with Gasteiger partial charge in [-0.25, -0.2) is 13.2 Å². The fourth-order valence-corrected chi connectivity index (χ4v) is 5.56. The minimum Gasteiger partial charge on any atom is -0.408 e. The molecule has 4 rings (SSSR count). The number of carbonyl (C=O) groups excluding carboxylic acids is 1. The predicted octanol–water partition coefficient (Wildman–Crippen LogP) is 2.43. The first-order valence-electron chi connectivity index (χ1n) is 9.09. The molecule has 0 unspecified atom stereocenters. The number of hydrogen-bond donors (Lipinski definition) is 0. The molecule has 0 atom stereocenters. The third-order valence-electron chi connectivity index (χ3n) is 4.99. The number of fused-ring (bicyclic) bond motifs is 1. The van der Waals surface area contributed by atoms with Gasteiger partial charge in [-0.15, -0.1) is 0 Å². The van der Waals surface area contributed by atoms with Gasteiger partial charge in [0.05, 0.1) is 15.6 Å². The molecule has 1 aromatic heterocycles. The van der Waals surface area contributed by atoms with Crippen molar-refractivity contribution in [2.45, 2.75) is 11.4 Å². The molecular weight excluding hydrogens is 453 g/mol. The van der Waals surface area contributed by atoms with Crippen LogP contribution in [0, 0.1) is 0 Å². The predicted molar refractivity (Wildman–Crippen MR) is 112 cm³/mol. The molecule has 1 amide bonds. The summed E-state index contributed by atoms with van der Waals surface area (Å²) in [6, 6.07) is 11.3. The molecule has 1 saturated heterocycles. The van der Waals surface area contributed by atoms with E-state index in [9.17, 15) is 18.0 Å². The monoisotopic (exact) mass is 469 g/mol. The van der Waals surface area contributed by atoms with Gasteiger partial charge >= 0.3 is 5.76 Å². The molecule has 0 radical (unpaired) electrons. The lowest BCUT2D eigenvalue weighted by Crippen LogP contribution is -2.51. The van der Waals surface area contributed by atoms with Gasteiger partial charge in [-0.2, -0.15) is 4.31 Å². The summed E-state index contributed by atoms with van der Waals surface area (Å²) in [6.45, 7) is 0.431. The molecule has 0 aliphatic carbocycles. The number of oxazole rings is 1. The van der Waals surface area contributed by atoms with Crippen LogP contribution in [0.4, 0.5) is 0 Å². The Labute approximate surface area is 182 Å². The van der Waals surface area contributed by atoms with Gasteiger partial charge in [-0.3, -0.25) is 9.36 Å². The molecule has 8 nitrogen and oxygen atoms in total. The van der Waals surface area contributed by atoms with Crippen molar-refractivity contribution in [3.63, 3.8) is 0 Å². The van der Waals surface area contributed by atoms with Gasteiger partial charge in [0.25, 0.3) is 0 Å². The number of para-hydroxylation sites is 2. The number of carbonyl (C=O) groups is 1. The third kappa shape index (κ3) is 3.74. The SMILES string of the molecule is O=C(Cn1c(=O)oc2ccccc21)N1CCN(S(=O)(=O)c2cccc(Cl)c2Cl)CC1. The van der Waals surface area contributed by atoms with Gasteiger partial charge in [0.15, 0.2) is 5.58 Å². The van der Waals surface area contributed by atoms with E-state index in [4.69, 9.17) is 27.6 Å². The van der Waals surface area contributed by atoms with Gasteiger partial charge in [0.2, 0.25) is 15.9 Å². The quantitative estimate of drug-likeness (QED) is 0.584. The molecule has 1 aliphatic heterocycles. The van der Waals surface area contributed by atoms with E-state index in [1.165, 1.54) is 32.0 Å². The minimum atomic E-state index is -3.84. The molecule has 1 aliphatic rings. The summed E-state index contributed by atoms with van der Waals surface area (Å²) in [4.78, 5) is 26.2. The Kier molecular flexibility index (Phi) is 5.63. The van der Waals surface area contributed by atoms with Crippen LogP contribution >= 0.6 is 23.2 Å². The van der Waals surface area contributed by atoms with Crippen LogP contribution in [0.3, 0.4) is 0 Å². The van der Waals surface area contributed by atoms with Crippen LogP contribution in [0.2, 0.25) is 10.0 Å². The first kappa shape index (κ1) is 20.9. The lowest BCUT2D eigenvalue weighted by Gasteiger charge is -2.34. The number of benzene rings is 2. The zero-order valence-electron chi connectivity index (χ0n) is 15.6. The molecule has 11 heteroatoms. The Morgan fingerprint density at radius 2 is 1.70 bits per heavy atom. The molecule has 3 aromatic rings. The maximum absolute atomic E-state index is 12.9. The van der Waals surface area contributed by atoms with Gasteiger partial charge in [0, 0.05) is 26.2 Å². The lowest BCUT2D eigenvalue weighted by molar-refractivity contribution is -0.133. The van der Waals surface area contributed by atoms with Crippen molar-refractivity contribution >= 4 is 50.2 Å². The fraction of sp³-hybridized carbons (Fsp3) is 0.263. The molecule has 1 fully saturated rings. The van der Waals surface area contributed by atoms with Crippen molar-refractivity contribution in [1.29, 1.82) is 0 Å². The molecule has 0 N–H and O–H groups in total. The highest BCUT2D eigenvalue weighted by Crippen LogP contribution is 2.31. The topological polar surface area (TPSA) is 92.8 Å². The second-order valence-electron chi connectivity index (χ2n) is 6.76. The number of nitrogens with zero attached hydrogens (tertiary/aromatic N) is 3. The highest BCUT2D eigenvalue weighted by atomic mass is 35.5. The minimum absolute atomic E-state index is 0.0242. The number of sulfonamides is 1. The van der Waals surface area contributed by atoms with Gasteiger partial charge < -0.3 is 9.32 Å². The fourth-order valence-electron chi connectivity index (χ4n) is 3.40. The second kappa shape index (κ2) is 8.07. The van der Waals surface area contributed by atoms with Crippen LogP contribution in [0.25, 0.3) is 11.1 Å². The van der Waals surface area contributed by atoms with Crippen LogP contribution in [-0.2, 0) is 21.4 Å². The van der Waals surface area contributed by atoms with E-state index in [1.807, 2.05) is 0 Å². The van der Waals surface area contributed by atoms with Crippen LogP contribution < -0.4 is 5.76 Å². The first-order chi connectivity index (χ1) is 14.3. The van der Waals surface area contributed by atoms with E-state index in [2.05, 4.69) is 0 Å². The molecule has 2 heterocycles. The van der Waals surface area contributed by atoms with E-state index >= 15 is 0 Å². The number of halogens is 2.